The van der Waals surface area contributed by atoms with E-state index in [4.69, 9.17) is 4.74 Å². The second-order valence-corrected chi connectivity index (χ2v) is 2.97. The number of nitrogens with one attached hydrogen (secondary N) is 1. The van der Waals surface area contributed by atoms with E-state index in [1.165, 1.54) is 7.11 Å². The van der Waals surface area contributed by atoms with Gasteiger partial charge in [0, 0.05) is 13.7 Å². The van der Waals surface area contributed by atoms with Crippen LogP contribution in [0.25, 0.3) is 0 Å². The third-order valence-electron chi connectivity index (χ3n) is 2.29. The minimum Gasteiger partial charge on any atom is -0.467 e. The van der Waals surface area contributed by atoms with Gasteiger partial charge in [-0.3, -0.25) is 0 Å². The van der Waals surface area contributed by atoms with Crippen molar-refractivity contribution in [2.45, 2.75) is 18.4 Å². The maximum atomic E-state index is 11.3. The molecular formula is C8H16ClNO3. The molecule has 1 unspecified atom stereocenters. The average Bonchev–Trinajstić information content (AvgIpc) is 2.17. The minimum atomic E-state index is -0.743. The molecule has 1 saturated heterocycles. The van der Waals surface area contributed by atoms with Crippen LogP contribution in [0, 0.1) is 0 Å². The Kier molecular flexibility index (Phi) is 5.29. The average molecular weight is 210 g/mol. The molecule has 1 aliphatic rings. The predicted octanol–water partition coefficient (Wildman–Crippen LogP) is 0.350. The van der Waals surface area contributed by atoms with Crippen LogP contribution in [0.1, 0.15) is 12.8 Å². The summed E-state index contributed by atoms with van der Waals surface area (Å²) < 4.78 is 9.87. The van der Waals surface area contributed by atoms with E-state index in [0.29, 0.717) is 6.54 Å². The Labute approximate surface area is 84.4 Å². The number of hydrogen-bond donors (Lipinski definition) is 1. The first kappa shape index (κ1) is 12.7. The van der Waals surface area contributed by atoms with Crippen molar-refractivity contribution in [2.75, 3.05) is 27.3 Å². The quantitative estimate of drug-likeness (QED) is 0.667. The fraction of sp³-hybridized carbons (Fsp3) is 0.875. The fourth-order valence-electron chi connectivity index (χ4n) is 1.50. The van der Waals surface area contributed by atoms with Crippen LogP contribution < -0.4 is 5.32 Å². The Balaban J connectivity index is 0.00000144. The molecule has 1 N–H and O–H groups in total. The highest BCUT2D eigenvalue weighted by molar-refractivity contribution is 5.85. The zero-order valence-electron chi connectivity index (χ0n) is 7.96. The SMILES string of the molecule is COC(=O)C1(OC)CCCNC1.Cl. The molecule has 0 aromatic carbocycles. The Morgan fingerprint density at radius 3 is 2.54 bits per heavy atom. The zero-order valence-corrected chi connectivity index (χ0v) is 8.78. The highest BCUT2D eigenvalue weighted by atomic mass is 35.5. The Morgan fingerprint density at radius 2 is 2.15 bits per heavy atom. The molecule has 1 aliphatic heterocycles. The van der Waals surface area contributed by atoms with E-state index in [1.807, 2.05) is 0 Å². The van der Waals surface area contributed by atoms with Crippen LogP contribution in [0.3, 0.4) is 0 Å². The third-order valence-corrected chi connectivity index (χ3v) is 2.29. The van der Waals surface area contributed by atoms with E-state index in [9.17, 15) is 4.79 Å². The van der Waals surface area contributed by atoms with E-state index in [1.54, 1.807) is 7.11 Å². The number of ether oxygens (including phenoxy) is 2. The summed E-state index contributed by atoms with van der Waals surface area (Å²) in [5.74, 6) is -0.280. The molecule has 5 heteroatoms. The Hall–Kier alpha value is -0.320. The summed E-state index contributed by atoms with van der Waals surface area (Å²) in [4.78, 5) is 11.3. The van der Waals surface area contributed by atoms with E-state index in [-0.39, 0.29) is 18.4 Å². The molecule has 0 aromatic rings. The van der Waals surface area contributed by atoms with E-state index in [2.05, 4.69) is 10.1 Å². The highest BCUT2D eigenvalue weighted by Crippen LogP contribution is 2.21. The smallest absolute Gasteiger partial charge is 0.339 e. The summed E-state index contributed by atoms with van der Waals surface area (Å²) in [5.41, 5.74) is -0.743. The molecule has 1 fully saturated rings. The first-order chi connectivity index (χ1) is 5.75. The molecule has 13 heavy (non-hydrogen) atoms. The van der Waals surface area contributed by atoms with E-state index >= 15 is 0 Å². The lowest BCUT2D eigenvalue weighted by molar-refractivity contribution is -0.168. The lowest BCUT2D eigenvalue weighted by Crippen LogP contribution is -2.53. The topological polar surface area (TPSA) is 47.6 Å². The highest BCUT2D eigenvalue weighted by Gasteiger charge is 2.40. The third kappa shape index (κ3) is 2.56. The van der Waals surface area contributed by atoms with Crippen LogP contribution >= 0.6 is 12.4 Å². The molecule has 0 radical (unpaired) electrons. The number of rotatable bonds is 2. The van der Waals surface area contributed by atoms with Crippen molar-refractivity contribution >= 4 is 18.4 Å². The van der Waals surface area contributed by atoms with Crippen molar-refractivity contribution in [3.63, 3.8) is 0 Å². The summed E-state index contributed by atoms with van der Waals surface area (Å²) in [6, 6.07) is 0. The second-order valence-electron chi connectivity index (χ2n) is 2.97. The molecule has 0 bridgehead atoms. The van der Waals surface area contributed by atoms with Crippen LogP contribution in [0.15, 0.2) is 0 Å². The first-order valence-corrected chi connectivity index (χ1v) is 4.09. The monoisotopic (exact) mass is 209 g/mol. The van der Waals surface area contributed by atoms with Crippen molar-refractivity contribution in [3.05, 3.63) is 0 Å². The van der Waals surface area contributed by atoms with Crippen molar-refractivity contribution in [2.24, 2.45) is 0 Å². The predicted molar refractivity (Wildman–Crippen MR) is 51.1 cm³/mol. The van der Waals surface area contributed by atoms with Gasteiger partial charge in [-0.2, -0.15) is 0 Å². The standard InChI is InChI=1S/C8H15NO3.ClH/c1-11-7(10)8(12-2)4-3-5-9-6-8;/h9H,3-6H2,1-2H3;1H. The van der Waals surface area contributed by atoms with Gasteiger partial charge in [0.05, 0.1) is 7.11 Å². The van der Waals surface area contributed by atoms with Crippen LogP contribution in [-0.4, -0.2) is 38.9 Å². The van der Waals surface area contributed by atoms with Crippen LogP contribution in [0.4, 0.5) is 0 Å². The molecule has 78 valence electrons. The number of halogens is 1. The largest absolute Gasteiger partial charge is 0.467 e. The molecule has 1 rings (SSSR count). The first-order valence-electron chi connectivity index (χ1n) is 4.09. The summed E-state index contributed by atoms with van der Waals surface area (Å²) >= 11 is 0. The molecule has 1 heterocycles. The summed E-state index contributed by atoms with van der Waals surface area (Å²) in [5, 5.41) is 3.12. The lowest BCUT2D eigenvalue weighted by atomic mass is 9.94. The summed E-state index contributed by atoms with van der Waals surface area (Å²) in [6.45, 7) is 1.50. The van der Waals surface area contributed by atoms with Gasteiger partial charge >= 0.3 is 5.97 Å². The van der Waals surface area contributed by atoms with Crippen molar-refractivity contribution in [1.82, 2.24) is 5.32 Å². The Morgan fingerprint density at radius 1 is 1.46 bits per heavy atom. The number of methoxy groups -OCH3 is 2. The molecule has 0 aliphatic carbocycles. The van der Waals surface area contributed by atoms with Gasteiger partial charge < -0.3 is 14.8 Å². The fourth-order valence-corrected chi connectivity index (χ4v) is 1.50. The molecule has 1 atom stereocenters. The van der Waals surface area contributed by atoms with Gasteiger partial charge in [0.25, 0.3) is 0 Å². The maximum Gasteiger partial charge on any atom is 0.339 e. The molecule has 0 saturated carbocycles. The van der Waals surface area contributed by atoms with Gasteiger partial charge in [-0.05, 0) is 19.4 Å². The van der Waals surface area contributed by atoms with Crippen molar-refractivity contribution < 1.29 is 14.3 Å². The van der Waals surface area contributed by atoms with Crippen LogP contribution in [-0.2, 0) is 14.3 Å². The van der Waals surface area contributed by atoms with Crippen molar-refractivity contribution in [1.29, 1.82) is 0 Å². The molecule has 0 aromatic heterocycles. The zero-order chi connectivity index (χ0) is 9.03. The normalized spacial score (nSPS) is 27.5. The van der Waals surface area contributed by atoms with E-state index in [0.717, 1.165) is 19.4 Å². The van der Waals surface area contributed by atoms with Gasteiger partial charge in [0.1, 0.15) is 0 Å². The number of esters is 1. The van der Waals surface area contributed by atoms with Crippen LogP contribution in [0.2, 0.25) is 0 Å². The van der Waals surface area contributed by atoms with E-state index < -0.39 is 5.60 Å². The van der Waals surface area contributed by atoms with Gasteiger partial charge in [-0.25, -0.2) is 4.79 Å². The van der Waals surface area contributed by atoms with Gasteiger partial charge in [0.2, 0.25) is 0 Å². The van der Waals surface area contributed by atoms with Crippen molar-refractivity contribution in [3.8, 4) is 0 Å². The second kappa shape index (κ2) is 5.42. The lowest BCUT2D eigenvalue weighted by Gasteiger charge is -2.33. The van der Waals surface area contributed by atoms with Gasteiger partial charge in [-0.15, -0.1) is 12.4 Å². The Bertz CT molecular complexity index is 169. The minimum absolute atomic E-state index is 0. The van der Waals surface area contributed by atoms with Gasteiger partial charge in [-0.1, -0.05) is 0 Å². The molecule has 4 nitrogen and oxygen atoms in total. The number of piperidine rings is 1. The number of carbonyl (C=O) groups excluding carboxylic acids is 1. The molecular weight excluding hydrogens is 194 g/mol. The number of hydrogen-bond acceptors (Lipinski definition) is 4. The summed E-state index contributed by atoms with van der Waals surface area (Å²) in [7, 11) is 2.93. The maximum absolute atomic E-state index is 11.3. The summed E-state index contributed by atoms with van der Waals surface area (Å²) in [6.07, 6.45) is 1.69. The molecule has 0 spiro atoms. The molecule has 0 amide bonds. The van der Waals surface area contributed by atoms with Crippen LogP contribution in [0.5, 0.6) is 0 Å². The number of carbonyl (C=O) groups is 1. The van der Waals surface area contributed by atoms with Gasteiger partial charge in [0.15, 0.2) is 5.60 Å².